The molecule has 0 aromatic heterocycles. The summed E-state index contributed by atoms with van der Waals surface area (Å²) in [5.74, 6) is 0.288. The summed E-state index contributed by atoms with van der Waals surface area (Å²) in [5.41, 5.74) is -0.307. The predicted octanol–water partition coefficient (Wildman–Crippen LogP) is 1.79. The zero-order chi connectivity index (χ0) is 7.61. The van der Waals surface area contributed by atoms with Crippen molar-refractivity contribution in [2.24, 2.45) is 0 Å². The molecule has 56 valence electrons. The molecule has 1 aliphatic carbocycles. The first kappa shape index (κ1) is 7.35. The number of rotatable bonds is 1. The molecule has 0 aliphatic heterocycles. The van der Waals surface area contributed by atoms with Crippen LogP contribution < -0.4 is 0 Å². The van der Waals surface area contributed by atoms with E-state index in [1.54, 1.807) is 19.3 Å². The fraction of sp³-hybridized carbons (Fsp3) is 0.500. The second-order valence-corrected chi connectivity index (χ2v) is 2.69. The lowest BCUT2D eigenvalue weighted by molar-refractivity contribution is 0.0474. The van der Waals surface area contributed by atoms with E-state index in [0.29, 0.717) is 0 Å². The minimum atomic E-state index is -0.307. The summed E-state index contributed by atoms with van der Waals surface area (Å²) in [6.45, 7) is 1.94. The zero-order valence-electron chi connectivity index (χ0n) is 6.29. The van der Waals surface area contributed by atoms with Crippen molar-refractivity contribution in [2.45, 2.75) is 18.9 Å². The zero-order valence-corrected chi connectivity index (χ0v) is 6.29. The van der Waals surface area contributed by atoms with Gasteiger partial charge in [-0.05, 0) is 25.5 Å². The van der Waals surface area contributed by atoms with Crippen molar-refractivity contribution in [3.8, 4) is 0 Å². The molecule has 1 rings (SSSR count). The quantitative estimate of drug-likeness (QED) is 0.601. The van der Waals surface area contributed by atoms with Crippen LogP contribution in [0.25, 0.3) is 0 Å². The van der Waals surface area contributed by atoms with E-state index in [4.69, 9.17) is 9.84 Å². The lowest BCUT2D eigenvalue weighted by Gasteiger charge is -2.24. The van der Waals surface area contributed by atoms with E-state index in [2.05, 4.69) is 0 Å². The van der Waals surface area contributed by atoms with Crippen LogP contribution in [0.3, 0.4) is 0 Å². The van der Waals surface area contributed by atoms with E-state index in [-0.39, 0.29) is 11.4 Å². The molecular weight excluding hydrogens is 128 g/mol. The maximum absolute atomic E-state index is 9.07. The Hall–Kier alpha value is -0.760. The van der Waals surface area contributed by atoms with E-state index in [9.17, 15) is 0 Å². The first-order chi connectivity index (χ1) is 4.66. The van der Waals surface area contributed by atoms with Crippen molar-refractivity contribution < 1.29 is 9.84 Å². The average molecular weight is 140 g/mol. The van der Waals surface area contributed by atoms with Gasteiger partial charge in [0, 0.05) is 7.11 Å². The van der Waals surface area contributed by atoms with Gasteiger partial charge in [-0.3, -0.25) is 0 Å². The Balaban J connectivity index is 2.76. The third kappa shape index (κ3) is 1.39. The molecular formula is C8H12O2. The molecule has 2 nitrogen and oxygen atoms in total. The molecule has 0 unspecified atom stereocenters. The Labute approximate surface area is 60.8 Å². The molecule has 1 atom stereocenters. The second-order valence-electron chi connectivity index (χ2n) is 2.69. The van der Waals surface area contributed by atoms with Gasteiger partial charge in [-0.1, -0.05) is 6.08 Å². The number of methoxy groups -OCH3 is 1. The van der Waals surface area contributed by atoms with E-state index in [0.717, 1.165) is 6.42 Å². The highest BCUT2D eigenvalue weighted by Gasteiger charge is 2.21. The van der Waals surface area contributed by atoms with Gasteiger partial charge in [-0.2, -0.15) is 0 Å². The maximum atomic E-state index is 9.07. The minimum absolute atomic E-state index is 0.288. The summed E-state index contributed by atoms with van der Waals surface area (Å²) in [6.07, 6.45) is 6.13. The van der Waals surface area contributed by atoms with E-state index < -0.39 is 0 Å². The van der Waals surface area contributed by atoms with Crippen LogP contribution >= 0.6 is 0 Å². The van der Waals surface area contributed by atoms with Crippen LogP contribution in [0.4, 0.5) is 0 Å². The van der Waals surface area contributed by atoms with Crippen LogP contribution in [0.2, 0.25) is 0 Å². The SMILES string of the molecule is CO[C@]1(C)C=C(O)C=CC1. The predicted molar refractivity (Wildman–Crippen MR) is 39.9 cm³/mol. The number of aliphatic hydroxyl groups is 1. The van der Waals surface area contributed by atoms with Gasteiger partial charge in [-0.15, -0.1) is 0 Å². The van der Waals surface area contributed by atoms with Crippen molar-refractivity contribution in [3.05, 3.63) is 24.0 Å². The maximum Gasteiger partial charge on any atom is 0.114 e. The summed E-state index contributed by atoms with van der Waals surface area (Å²) in [4.78, 5) is 0. The third-order valence-electron chi connectivity index (χ3n) is 1.73. The monoisotopic (exact) mass is 140 g/mol. The molecule has 0 radical (unpaired) electrons. The number of hydrogen-bond acceptors (Lipinski definition) is 2. The van der Waals surface area contributed by atoms with Gasteiger partial charge in [0.2, 0.25) is 0 Å². The van der Waals surface area contributed by atoms with Crippen LogP contribution in [0.1, 0.15) is 13.3 Å². The highest BCUT2D eigenvalue weighted by molar-refractivity contribution is 5.22. The molecule has 0 saturated carbocycles. The van der Waals surface area contributed by atoms with Crippen LogP contribution in [0.5, 0.6) is 0 Å². The molecule has 0 amide bonds. The largest absolute Gasteiger partial charge is 0.508 e. The van der Waals surface area contributed by atoms with Gasteiger partial charge in [-0.25, -0.2) is 0 Å². The summed E-state index contributed by atoms with van der Waals surface area (Å²) in [6, 6.07) is 0. The average Bonchev–Trinajstić information content (AvgIpc) is 1.88. The Kier molecular flexibility index (Phi) is 1.81. The Morgan fingerprint density at radius 3 is 2.80 bits per heavy atom. The van der Waals surface area contributed by atoms with Gasteiger partial charge in [0.1, 0.15) is 5.76 Å². The molecule has 0 fully saturated rings. The standard InChI is InChI=1S/C8H12O2/c1-8(10-2)5-3-4-7(9)6-8/h3-4,6,9H,5H2,1-2H3/t8-/m0/s1. The Morgan fingerprint density at radius 2 is 2.40 bits per heavy atom. The molecule has 1 aliphatic rings. The topological polar surface area (TPSA) is 29.5 Å². The summed E-state index contributed by atoms with van der Waals surface area (Å²) in [5, 5.41) is 9.07. The molecule has 0 spiro atoms. The van der Waals surface area contributed by atoms with Gasteiger partial charge in [0.15, 0.2) is 0 Å². The second kappa shape index (κ2) is 2.46. The molecule has 2 heteroatoms. The summed E-state index contributed by atoms with van der Waals surface area (Å²) >= 11 is 0. The highest BCUT2D eigenvalue weighted by atomic mass is 16.5. The lowest BCUT2D eigenvalue weighted by atomic mass is 9.97. The van der Waals surface area contributed by atoms with Gasteiger partial charge >= 0.3 is 0 Å². The van der Waals surface area contributed by atoms with Gasteiger partial charge < -0.3 is 9.84 Å². The fourth-order valence-corrected chi connectivity index (χ4v) is 0.976. The van der Waals surface area contributed by atoms with E-state index in [1.165, 1.54) is 0 Å². The highest BCUT2D eigenvalue weighted by Crippen LogP contribution is 2.22. The van der Waals surface area contributed by atoms with Crippen molar-refractivity contribution in [1.29, 1.82) is 0 Å². The van der Waals surface area contributed by atoms with Crippen molar-refractivity contribution in [2.75, 3.05) is 7.11 Å². The first-order valence-electron chi connectivity index (χ1n) is 3.30. The fourth-order valence-electron chi connectivity index (χ4n) is 0.976. The molecule has 0 saturated heterocycles. The normalized spacial score (nSPS) is 32.0. The van der Waals surface area contributed by atoms with Crippen LogP contribution in [-0.4, -0.2) is 17.8 Å². The molecule has 1 N–H and O–H groups in total. The number of allylic oxidation sites excluding steroid dienone is 1. The summed E-state index contributed by atoms with van der Waals surface area (Å²) in [7, 11) is 1.64. The first-order valence-corrected chi connectivity index (χ1v) is 3.30. The van der Waals surface area contributed by atoms with Crippen LogP contribution in [-0.2, 0) is 4.74 Å². The Morgan fingerprint density at radius 1 is 1.70 bits per heavy atom. The molecule has 0 heterocycles. The van der Waals surface area contributed by atoms with E-state index in [1.807, 2.05) is 13.0 Å². The molecule has 0 aromatic rings. The third-order valence-corrected chi connectivity index (χ3v) is 1.73. The Bertz CT molecular complexity index is 182. The number of hydrogen-bond donors (Lipinski definition) is 1. The number of aliphatic hydroxyl groups excluding tert-OH is 1. The smallest absolute Gasteiger partial charge is 0.114 e. The van der Waals surface area contributed by atoms with Gasteiger partial charge in [0.25, 0.3) is 0 Å². The van der Waals surface area contributed by atoms with Gasteiger partial charge in [0.05, 0.1) is 5.60 Å². The molecule has 0 aromatic carbocycles. The van der Waals surface area contributed by atoms with Crippen molar-refractivity contribution in [1.82, 2.24) is 0 Å². The minimum Gasteiger partial charge on any atom is -0.508 e. The lowest BCUT2D eigenvalue weighted by Crippen LogP contribution is -2.25. The molecule has 0 bridgehead atoms. The number of ether oxygens (including phenoxy) is 1. The van der Waals surface area contributed by atoms with E-state index >= 15 is 0 Å². The van der Waals surface area contributed by atoms with Crippen LogP contribution in [0, 0.1) is 0 Å². The summed E-state index contributed by atoms with van der Waals surface area (Å²) < 4.78 is 5.16. The molecule has 10 heavy (non-hydrogen) atoms. The van der Waals surface area contributed by atoms with Crippen molar-refractivity contribution >= 4 is 0 Å². The van der Waals surface area contributed by atoms with Crippen LogP contribution in [0.15, 0.2) is 24.0 Å². The van der Waals surface area contributed by atoms with Crippen molar-refractivity contribution in [3.63, 3.8) is 0 Å².